The Morgan fingerprint density at radius 3 is 2.35 bits per heavy atom. The number of carbonyl (C=O) groups excluding carboxylic acids is 1. The molecule has 0 aromatic carbocycles. The normalized spacial score (nSPS) is 16.0. The number of allylic oxidation sites excluding steroid dienone is 1. The minimum atomic E-state index is -4.47. The fraction of sp³-hybridized carbons (Fsp3) is 0.500. The summed E-state index contributed by atoms with van der Waals surface area (Å²) in [5.41, 5.74) is -0.867. The van der Waals surface area contributed by atoms with E-state index in [2.05, 4.69) is 11.6 Å². The lowest BCUT2D eigenvalue weighted by Crippen LogP contribution is -2.50. The van der Waals surface area contributed by atoms with Crippen LogP contribution in [0.15, 0.2) is 24.9 Å². The van der Waals surface area contributed by atoms with Crippen molar-refractivity contribution in [2.24, 2.45) is 0 Å². The molecule has 0 bridgehead atoms. The molecule has 0 radical (unpaired) electrons. The lowest BCUT2D eigenvalue weighted by atomic mass is 9.95. The monoisotopic (exact) mass is 328 g/mol. The van der Waals surface area contributed by atoms with E-state index in [1.165, 1.54) is 12.3 Å². The van der Waals surface area contributed by atoms with Crippen molar-refractivity contribution in [2.45, 2.75) is 38.5 Å². The highest BCUT2D eigenvalue weighted by molar-refractivity contribution is 5.70. The SMILES string of the molecule is C=C(c1ccc(C2CN(C(=O)OC(C)(C)C)C2)nc1)C(F)(F)F. The predicted molar refractivity (Wildman–Crippen MR) is 79.9 cm³/mol. The molecule has 0 atom stereocenters. The van der Waals surface area contributed by atoms with Crippen LogP contribution in [0.3, 0.4) is 0 Å². The minimum Gasteiger partial charge on any atom is -0.444 e. The van der Waals surface area contributed by atoms with Crippen molar-refractivity contribution in [3.63, 3.8) is 0 Å². The summed E-state index contributed by atoms with van der Waals surface area (Å²) in [4.78, 5) is 17.4. The molecule has 7 heteroatoms. The number of alkyl halides is 3. The number of hydrogen-bond donors (Lipinski definition) is 0. The van der Waals surface area contributed by atoms with Crippen LogP contribution < -0.4 is 0 Å². The van der Waals surface area contributed by atoms with E-state index in [4.69, 9.17) is 4.74 Å². The van der Waals surface area contributed by atoms with Gasteiger partial charge in [-0.3, -0.25) is 4.98 Å². The van der Waals surface area contributed by atoms with Gasteiger partial charge in [0.2, 0.25) is 0 Å². The van der Waals surface area contributed by atoms with Crippen LogP contribution in [0, 0.1) is 0 Å². The fourth-order valence-electron chi connectivity index (χ4n) is 2.13. The van der Waals surface area contributed by atoms with Crippen molar-refractivity contribution in [3.8, 4) is 0 Å². The van der Waals surface area contributed by atoms with Gasteiger partial charge in [-0.15, -0.1) is 0 Å². The zero-order valence-corrected chi connectivity index (χ0v) is 13.3. The average molecular weight is 328 g/mol. The molecule has 23 heavy (non-hydrogen) atoms. The van der Waals surface area contributed by atoms with Gasteiger partial charge in [0.15, 0.2) is 0 Å². The number of halogens is 3. The van der Waals surface area contributed by atoms with Gasteiger partial charge in [0.25, 0.3) is 0 Å². The van der Waals surface area contributed by atoms with Gasteiger partial charge in [-0.2, -0.15) is 13.2 Å². The van der Waals surface area contributed by atoms with Crippen molar-refractivity contribution in [2.75, 3.05) is 13.1 Å². The molecule has 1 aliphatic rings. The average Bonchev–Trinajstić information content (AvgIpc) is 2.33. The number of ether oxygens (including phenoxy) is 1. The third kappa shape index (κ3) is 4.24. The van der Waals surface area contributed by atoms with Gasteiger partial charge >= 0.3 is 12.3 Å². The van der Waals surface area contributed by atoms with Gasteiger partial charge in [-0.1, -0.05) is 12.6 Å². The number of aromatic nitrogens is 1. The van der Waals surface area contributed by atoms with E-state index in [1.807, 2.05) is 0 Å². The Balaban J connectivity index is 1.94. The topological polar surface area (TPSA) is 42.4 Å². The molecule has 4 nitrogen and oxygen atoms in total. The number of nitrogens with zero attached hydrogens (tertiary/aromatic N) is 2. The molecular weight excluding hydrogens is 309 g/mol. The summed E-state index contributed by atoms with van der Waals surface area (Å²) in [6.07, 6.45) is -3.69. The maximum absolute atomic E-state index is 12.6. The zero-order chi connectivity index (χ0) is 17.4. The number of rotatable bonds is 2. The van der Waals surface area contributed by atoms with E-state index in [0.717, 1.165) is 0 Å². The first-order valence-corrected chi connectivity index (χ1v) is 7.18. The molecule has 2 rings (SSSR count). The standard InChI is InChI=1S/C16H19F3N2O2/c1-10(16(17,18)19)11-5-6-13(20-7-11)12-8-21(9-12)14(22)23-15(2,3)4/h5-7,12H,1,8-9H2,2-4H3. The second kappa shape index (κ2) is 5.86. The van der Waals surface area contributed by atoms with Gasteiger partial charge in [-0.05, 0) is 26.8 Å². The van der Waals surface area contributed by atoms with Gasteiger partial charge < -0.3 is 9.64 Å². The van der Waals surface area contributed by atoms with Crippen molar-refractivity contribution in [3.05, 3.63) is 36.2 Å². The van der Waals surface area contributed by atoms with Crippen LogP contribution in [0.25, 0.3) is 5.57 Å². The smallest absolute Gasteiger partial charge is 0.416 e. The highest BCUT2D eigenvalue weighted by Gasteiger charge is 2.36. The quantitative estimate of drug-likeness (QED) is 0.824. The molecule has 0 unspecified atom stereocenters. The van der Waals surface area contributed by atoms with Crippen LogP contribution in [0.2, 0.25) is 0 Å². The molecule has 1 amide bonds. The molecule has 0 spiro atoms. The molecule has 1 aromatic heterocycles. The summed E-state index contributed by atoms with van der Waals surface area (Å²) in [5.74, 6) is 0.00993. The summed E-state index contributed by atoms with van der Waals surface area (Å²) >= 11 is 0. The minimum absolute atomic E-state index is 0.00993. The van der Waals surface area contributed by atoms with Gasteiger partial charge in [0.05, 0.1) is 5.57 Å². The summed E-state index contributed by atoms with van der Waals surface area (Å²) in [7, 11) is 0. The van der Waals surface area contributed by atoms with Crippen LogP contribution in [-0.2, 0) is 4.74 Å². The van der Waals surface area contributed by atoms with Crippen LogP contribution in [-0.4, -0.2) is 40.8 Å². The lowest BCUT2D eigenvalue weighted by Gasteiger charge is -2.39. The molecule has 1 fully saturated rings. The van der Waals surface area contributed by atoms with Gasteiger partial charge in [-0.25, -0.2) is 4.79 Å². The maximum atomic E-state index is 12.6. The third-order valence-corrected chi connectivity index (χ3v) is 3.43. The molecule has 0 saturated carbocycles. The third-order valence-electron chi connectivity index (χ3n) is 3.43. The Hall–Kier alpha value is -2.05. The first-order valence-electron chi connectivity index (χ1n) is 7.18. The summed E-state index contributed by atoms with van der Waals surface area (Å²) in [5, 5.41) is 0. The molecule has 1 saturated heterocycles. The van der Waals surface area contributed by atoms with Crippen molar-refractivity contribution >= 4 is 11.7 Å². The van der Waals surface area contributed by atoms with Crippen molar-refractivity contribution in [1.29, 1.82) is 0 Å². The maximum Gasteiger partial charge on any atom is 0.416 e. The van der Waals surface area contributed by atoms with E-state index in [-0.39, 0.29) is 11.5 Å². The second-order valence-electron chi connectivity index (χ2n) is 6.53. The van der Waals surface area contributed by atoms with Crippen LogP contribution >= 0.6 is 0 Å². The number of likely N-dealkylation sites (tertiary alicyclic amines) is 1. The summed E-state index contributed by atoms with van der Waals surface area (Å²) in [6.45, 7) is 9.29. The second-order valence-corrected chi connectivity index (χ2v) is 6.53. The van der Waals surface area contributed by atoms with Crippen LogP contribution in [0.4, 0.5) is 18.0 Å². The van der Waals surface area contributed by atoms with Crippen molar-refractivity contribution < 1.29 is 22.7 Å². The van der Waals surface area contributed by atoms with E-state index < -0.39 is 23.4 Å². The first kappa shape index (κ1) is 17.3. The van der Waals surface area contributed by atoms with Gasteiger partial charge in [0.1, 0.15) is 5.60 Å². The first-order chi connectivity index (χ1) is 10.5. The number of carbonyl (C=O) groups is 1. The highest BCUT2D eigenvalue weighted by Crippen LogP contribution is 2.33. The molecule has 126 valence electrons. The fourth-order valence-corrected chi connectivity index (χ4v) is 2.13. The molecule has 0 N–H and O–H groups in total. The number of pyridine rings is 1. The van der Waals surface area contributed by atoms with Gasteiger partial charge in [0, 0.05) is 36.5 Å². The number of hydrogen-bond acceptors (Lipinski definition) is 3. The largest absolute Gasteiger partial charge is 0.444 e. The highest BCUT2D eigenvalue weighted by atomic mass is 19.4. The number of amides is 1. The van der Waals surface area contributed by atoms with Crippen LogP contribution in [0.1, 0.15) is 37.9 Å². The Kier molecular flexibility index (Phi) is 4.41. The summed E-state index contributed by atoms with van der Waals surface area (Å²) < 4.78 is 42.9. The van der Waals surface area contributed by atoms with E-state index >= 15 is 0 Å². The van der Waals surface area contributed by atoms with E-state index in [1.54, 1.807) is 31.7 Å². The Labute approximate surface area is 133 Å². The molecule has 1 aliphatic heterocycles. The molecule has 2 heterocycles. The Bertz CT molecular complexity index is 597. The molecular formula is C16H19F3N2O2. The predicted octanol–water partition coefficient (Wildman–Crippen LogP) is 3.99. The Morgan fingerprint density at radius 1 is 1.30 bits per heavy atom. The van der Waals surface area contributed by atoms with E-state index in [0.29, 0.717) is 18.8 Å². The zero-order valence-electron chi connectivity index (χ0n) is 13.3. The lowest BCUT2D eigenvalue weighted by molar-refractivity contribution is -0.0687. The van der Waals surface area contributed by atoms with Crippen molar-refractivity contribution in [1.82, 2.24) is 9.88 Å². The van der Waals surface area contributed by atoms with E-state index in [9.17, 15) is 18.0 Å². The molecule has 1 aromatic rings. The Morgan fingerprint density at radius 2 is 1.91 bits per heavy atom. The summed E-state index contributed by atoms with van der Waals surface area (Å²) in [6, 6.07) is 2.90. The molecule has 0 aliphatic carbocycles. The van der Waals surface area contributed by atoms with Crippen LogP contribution in [0.5, 0.6) is 0 Å².